The van der Waals surface area contributed by atoms with Crippen molar-refractivity contribution in [2.24, 2.45) is 5.73 Å². The van der Waals surface area contributed by atoms with Gasteiger partial charge in [0.25, 0.3) is 0 Å². The van der Waals surface area contributed by atoms with Crippen LogP contribution in [0.4, 0.5) is 0 Å². The first-order valence-electron chi connectivity index (χ1n) is 7.48. The van der Waals surface area contributed by atoms with Crippen LogP contribution in [-0.2, 0) is 9.45 Å². The first-order valence-corrected chi connectivity index (χ1v) is 7.48. The van der Waals surface area contributed by atoms with Gasteiger partial charge in [-0.05, 0) is 41.7 Å². The number of carboxylic acid groups (broad SMARTS) is 1. The van der Waals surface area contributed by atoms with Crippen LogP contribution in [0.15, 0.2) is 30.5 Å². The molecule has 1 aromatic carbocycles. The van der Waals surface area contributed by atoms with Crippen molar-refractivity contribution in [2.45, 2.75) is 19.4 Å². The van der Waals surface area contributed by atoms with E-state index in [2.05, 4.69) is 4.98 Å². The molecule has 0 radical (unpaired) electrons. The van der Waals surface area contributed by atoms with Crippen LogP contribution in [0.2, 0.25) is 0 Å². The summed E-state index contributed by atoms with van der Waals surface area (Å²) in [6.07, 6.45) is 0.442. The summed E-state index contributed by atoms with van der Waals surface area (Å²) >= 11 is 0. The van der Waals surface area contributed by atoms with Crippen molar-refractivity contribution in [1.82, 2.24) is 4.98 Å². The molecular formula is C16H15BN2O6. The second kappa shape index (κ2) is 6.54. The fourth-order valence-electron chi connectivity index (χ4n) is 2.84. The number of amides is 1. The van der Waals surface area contributed by atoms with Crippen molar-refractivity contribution in [2.75, 3.05) is 0 Å². The molecule has 8 nitrogen and oxygen atoms in total. The Hall–Kier alpha value is -2.91. The molecule has 1 atom stereocenters. The number of hydrogen-bond donors (Lipinski definition) is 3. The van der Waals surface area contributed by atoms with Crippen molar-refractivity contribution >= 4 is 24.5 Å². The Morgan fingerprint density at radius 2 is 2.16 bits per heavy atom. The summed E-state index contributed by atoms with van der Waals surface area (Å²) in [7, 11) is -1.23. The molecule has 0 saturated heterocycles. The summed E-state index contributed by atoms with van der Waals surface area (Å²) in [5.74, 6) is -1.06. The summed E-state index contributed by atoms with van der Waals surface area (Å²) < 4.78 is 11.0. The fraction of sp³-hybridized carbons (Fsp3) is 0.188. The number of aryl methyl sites for hydroxylation is 1. The summed E-state index contributed by atoms with van der Waals surface area (Å²) in [4.78, 5) is 26.2. The standard InChI is InChI=1S/C16H15BN2O6/c1-8-4-10(24-13-5-9(16(18)22)2-3-19-13)6-11-15(8)12(7-14(20)21)25-17(11)23/h2-6,12,23H,7H2,1H3,(H2,18,22)(H,20,21). The topological polar surface area (TPSA) is 132 Å². The number of benzene rings is 1. The number of fused-ring (bicyclic) bond motifs is 1. The fourth-order valence-corrected chi connectivity index (χ4v) is 2.84. The van der Waals surface area contributed by atoms with Crippen molar-refractivity contribution < 1.29 is 29.1 Å². The van der Waals surface area contributed by atoms with Gasteiger partial charge in [-0.1, -0.05) is 0 Å². The van der Waals surface area contributed by atoms with Gasteiger partial charge in [-0.15, -0.1) is 0 Å². The van der Waals surface area contributed by atoms with Gasteiger partial charge >= 0.3 is 13.1 Å². The maximum Gasteiger partial charge on any atom is 0.492 e. The Bertz CT molecular complexity index is 857. The van der Waals surface area contributed by atoms with E-state index in [0.29, 0.717) is 16.8 Å². The van der Waals surface area contributed by atoms with Gasteiger partial charge in [0.2, 0.25) is 11.8 Å². The molecule has 1 aromatic heterocycles. The van der Waals surface area contributed by atoms with E-state index >= 15 is 0 Å². The number of nitrogens with two attached hydrogens (primary N) is 1. The molecule has 0 bridgehead atoms. The minimum absolute atomic E-state index is 0.172. The molecule has 128 valence electrons. The number of rotatable bonds is 5. The molecule has 0 fully saturated rings. The molecule has 1 aliphatic heterocycles. The number of nitrogens with zero attached hydrogens (tertiary/aromatic N) is 1. The summed E-state index contributed by atoms with van der Waals surface area (Å²) in [5, 5.41) is 19.0. The van der Waals surface area contributed by atoms with E-state index in [1.54, 1.807) is 19.1 Å². The smallest absolute Gasteiger partial charge is 0.481 e. The van der Waals surface area contributed by atoms with Crippen LogP contribution in [0.3, 0.4) is 0 Å². The first kappa shape index (κ1) is 16.9. The van der Waals surface area contributed by atoms with Crippen molar-refractivity contribution in [3.05, 3.63) is 47.2 Å². The SMILES string of the molecule is Cc1cc(Oc2cc(C(N)=O)ccn2)cc2c1C(CC(=O)O)OB2O. The molecule has 1 amide bonds. The third-order valence-corrected chi connectivity index (χ3v) is 3.88. The molecule has 3 rings (SSSR count). The van der Waals surface area contributed by atoms with Crippen LogP contribution in [0, 0.1) is 6.92 Å². The van der Waals surface area contributed by atoms with Crippen LogP contribution < -0.4 is 15.9 Å². The van der Waals surface area contributed by atoms with E-state index < -0.39 is 25.1 Å². The van der Waals surface area contributed by atoms with Crippen LogP contribution in [-0.4, -0.2) is 34.1 Å². The zero-order valence-corrected chi connectivity index (χ0v) is 13.3. The van der Waals surface area contributed by atoms with Crippen molar-refractivity contribution in [3.63, 3.8) is 0 Å². The number of aliphatic carboxylic acids is 1. The first-order chi connectivity index (χ1) is 11.8. The van der Waals surface area contributed by atoms with Crippen LogP contribution in [0.1, 0.15) is 34.0 Å². The molecule has 1 aliphatic rings. The Morgan fingerprint density at radius 3 is 2.84 bits per heavy atom. The molecule has 0 aliphatic carbocycles. The molecular weight excluding hydrogens is 327 g/mol. The predicted molar refractivity (Wildman–Crippen MR) is 87.7 cm³/mol. The van der Waals surface area contributed by atoms with Gasteiger partial charge in [0.1, 0.15) is 5.75 Å². The number of carbonyl (C=O) groups is 2. The maximum atomic E-state index is 11.2. The van der Waals surface area contributed by atoms with Crippen LogP contribution in [0.25, 0.3) is 0 Å². The van der Waals surface area contributed by atoms with Gasteiger partial charge < -0.3 is 25.3 Å². The largest absolute Gasteiger partial charge is 0.492 e. The van der Waals surface area contributed by atoms with Gasteiger partial charge in [0, 0.05) is 17.8 Å². The predicted octanol–water partition coefficient (Wildman–Crippen LogP) is 0.515. The molecule has 2 heterocycles. The molecule has 0 saturated carbocycles. The highest BCUT2D eigenvalue weighted by Crippen LogP contribution is 2.32. The number of carbonyl (C=O) groups excluding carboxylic acids is 1. The van der Waals surface area contributed by atoms with E-state index in [1.165, 1.54) is 18.3 Å². The monoisotopic (exact) mass is 342 g/mol. The lowest BCUT2D eigenvalue weighted by molar-refractivity contribution is -0.138. The quantitative estimate of drug-likeness (QED) is 0.675. The molecule has 9 heteroatoms. The average Bonchev–Trinajstić information content (AvgIpc) is 2.83. The third-order valence-electron chi connectivity index (χ3n) is 3.88. The minimum Gasteiger partial charge on any atom is -0.481 e. The number of aromatic nitrogens is 1. The highest BCUT2D eigenvalue weighted by molar-refractivity contribution is 6.62. The lowest BCUT2D eigenvalue weighted by Gasteiger charge is -2.13. The molecule has 25 heavy (non-hydrogen) atoms. The summed E-state index contributed by atoms with van der Waals surface area (Å²) in [6, 6.07) is 6.13. The van der Waals surface area contributed by atoms with Gasteiger partial charge in [-0.3, -0.25) is 9.59 Å². The van der Waals surface area contributed by atoms with E-state index in [9.17, 15) is 14.6 Å². The van der Waals surface area contributed by atoms with Gasteiger partial charge in [0.15, 0.2) is 0 Å². The number of ether oxygens (including phenoxy) is 1. The molecule has 0 spiro atoms. The zero-order valence-electron chi connectivity index (χ0n) is 13.3. The summed E-state index contributed by atoms with van der Waals surface area (Å²) in [6.45, 7) is 1.77. The van der Waals surface area contributed by atoms with E-state index in [0.717, 1.165) is 5.56 Å². The average molecular weight is 342 g/mol. The normalized spacial score (nSPS) is 15.8. The summed E-state index contributed by atoms with van der Waals surface area (Å²) in [5.41, 5.74) is 7.30. The number of primary amides is 1. The molecule has 4 N–H and O–H groups in total. The lowest BCUT2D eigenvalue weighted by atomic mass is 9.77. The van der Waals surface area contributed by atoms with E-state index in [-0.39, 0.29) is 17.9 Å². The lowest BCUT2D eigenvalue weighted by Crippen LogP contribution is -2.28. The minimum atomic E-state index is -1.23. The Morgan fingerprint density at radius 1 is 1.40 bits per heavy atom. The molecule has 1 unspecified atom stereocenters. The third kappa shape index (κ3) is 3.47. The highest BCUT2D eigenvalue weighted by Gasteiger charge is 2.37. The number of hydrogen-bond acceptors (Lipinski definition) is 6. The zero-order chi connectivity index (χ0) is 18.1. The highest BCUT2D eigenvalue weighted by atomic mass is 16.5. The van der Waals surface area contributed by atoms with E-state index in [4.69, 9.17) is 20.2 Å². The Labute approximate surface area is 143 Å². The van der Waals surface area contributed by atoms with Gasteiger partial charge in [-0.25, -0.2) is 4.98 Å². The maximum absolute atomic E-state index is 11.2. The Kier molecular flexibility index (Phi) is 4.43. The van der Waals surface area contributed by atoms with Crippen molar-refractivity contribution in [3.8, 4) is 11.6 Å². The molecule has 2 aromatic rings. The second-order valence-electron chi connectivity index (χ2n) is 5.67. The van der Waals surface area contributed by atoms with Gasteiger partial charge in [-0.2, -0.15) is 0 Å². The van der Waals surface area contributed by atoms with Crippen molar-refractivity contribution in [1.29, 1.82) is 0 Å². The second-order valence-corrected chi connectivity index (χ2v) is 5.67. The number of pyridine rings is 1. The van der Waals surface area contributed by atoms with Crippen LogP contribution >= 0.6 is 0 Å². The Balaban J connectivity index is 1.92. The van der Waals surface area contributed by atoms with Crippen LogP contribution in [0.5, 0.6) is 11.6 Å². The van der Waals surface area contributed by atoms with E-state index in [1.807, 2.05) is 0 Å². The van der Waals surface area contributed by atoms with Gasteiger partial charge in [0.05, 0.1) is 12.5 Å². The number of carboxylic acids is 1.